The highest BCUT2D eigenvalue weighted by Gasteiger charge is 2.32. The van der Waals surface area contributed by atoms with Gasteiger partial charge in [-0.05, 0) is 44.5 Å². The van der Waals surface area contributed by atoms with Crippen LogP contribution >= 0.6 is 11.6 Å². The summed E-state index contributed by atoms with van der Waals surface area (Å²) in [6.07, 6.45) is 1.33. The molecule has 0 unspecified atom stereocenters. The van der Waals surface area contributed by atoms with Crippen LogP contribution in [0.4, 0.5) is 0 Å². The van der Waals surface area contributed by atoms with Crippen LogP contribution in [0.2, 0.25) is 5.02 Å². The number of halogens is 1. The molecule has 0 aromatic heterocycles. The first-order chi connectivity index (χ1) is 9.86. The summed E-state index contributed by atoms with van der Waals surface area (Å²) in [6.45, 7) is 3.65. The Labute approximate surface area is 131 Å². The van der Waals surface area contributed by atoms with Crippen LogP contribution in [-0.2, 0) is 21.3 Å². The molecular weight excluding hydrogens is 312 g/mol. The van der Waals surface area contributed by atoms with Gasteiger partial charge in [0, 0.05) is 30.3 Å². The van der Waals surface area contributed by atoms with E-state index in [0.29, 0.717) is 37.6 Å². The van der Waals surface area contributed by atoms with Crippen molar-refractivity contribution in [3.8, 4) is 0 Å². The predicted octanol–water partition coefficient (Wildman–Crippen LogP) is 1.91. The molecule has 2 rings (SSSR count). The van der Waals surface area contributed by atoms with E-state index in [4.69, 9.17) is 16.3 Å². The Balaban J connectivity index is 2.21. The topological polar surface area (TPSA) is 67.4 Å². The van der Waals surface area contributed by atoms with Gasteiger partial charge in [-0.15, -0.1) is 0 Å². The van der Waals surface area contributed by atoms with Gasteiger partial charge in [-0.25, -0.2) is 13.1 Å². The zero-order valence-electron chi connectivity index (χ0n) is 12.3. The maximum atomic E-state index is 12.5. The molecule has 118 valence electrons. The molecule has 0 saturated carbocycles. The molecule has 2 N–H and O–H groups in total. The number of hydrogen-bond donors (Lipinski definition) is 2. The van der Waals surface area contributed by atoms with Crippen molar-refractivity contribution in [2.24, 2.45) is 0 Å². The van der Waals surface area contributed by atoms with Crippen molar-refractivity contribution in [1.29, 1.82) is 0 Å². The molecule has 1 aromatic rings. The molecular formula is C14H21ClN2O3S. The number of sulfonamides is 1. The van der Waals surface area contributed by atoms with Crippen LogP contribution in [0, 0.1) is 0 Å². The largest absolute Gasteiger partial charge is 0.381 e. The van der Waals surface area contributed by atoms with E-state index in [1.165, 1.54) is 6.07 Å². The highest BCUT2D eigenvalue weighted by molar-refractivity contribution is 7.89. The van der Waals surface area contributed by atoms with Crippen LogP contribution in [0.3, 0.4) is 0 Å². The van der Waals surface area contributed by atoms with Crippen LogP contribution in [0.5, 0.6) is 0 Å². The molecule has 0 atom stereocenters. The van der Waals surface area contributed by atoms with Crippen molar-refractivity contribution >= 4 is 21.6 Å². The van der Waals surface area contributed by atoms with E-state index in [9.17, 15) is 8.42 Å². The van der Waals surface area contributed by atoms with E-state index < -0.39 is 15.6 Å². The van der Waals surface area contributed by atoms with E-state index in [1.807, 2.05) is 14.0 Å². The minimum Gasteiger partial charge on any atom is -0.381 e. The van der Waals surface area contributed by atoms with Gasteiger partial charge in [0.1, 0.15) is 0 Å². The Bertz CT molecular complexity index is 598. The number of ether oxygens (including phenoxy) is 1. The minimum absolute atomic E-state index is 0.195. The van der Waals surface area contributed by atoms with Gasteiger partial charge in [0.15, 0.2) is 0 Å². The highest BCUT2D eigenvalue weighted by Crippen LogP contribution is 2.25. The van der Waals surface area contributed by atoms with Gasteiger partial charge in [0.25, 0.3) is 0 Å². The molecule has 1 fully saturated rings. The molecule has 0 amide bonds. The predicted molar refractivity (Wildman–Crippen MR) is 83.0 cm³/mol. The van der Waals surface area contributed by atoms with Gasteiger partial charge in [0.2, 0.25) is 10.0 Å². The number of nitrogens with one attached hydrogen (secondary N) is 2. The molecule has 1 saturated heterocycles. The lowest BCUT2D eigenvalue weighted by atomic mass is 9.94. The first kappa shape index (κ1) is 16.7. The first-order valence-electron chi connectivity index (χ1n) is 6.91. The lowest BCUT2D eigenvalue weighted by Crippen LogP contribution is -2.49. The molecule has 0 aliphatic carbocycles. The maximum Gasteiger partial charge on any atom is 0.241 e. The number of hydrogen-bond acceptors (Lipinski definition) is 4. The molecule has 1 aromatic carbocycles. The van der Waals surface area contributed by atoms with Crippen LogP contribution in [0.15, 0.2) is 23.1 Å². The molecule has 0 radical (unpaired) electrons. The van der Waals surface area contributed by atoms with Crippen molar-refractivity contribution in [2.75, 3.05) is 20.3 Å². The van der Waals surface area contributed by atoms with Crippen molar-refractivity contribution in [1.82, 2.24) is 10.0 Å². The second-order valence-electron chi connectivity index (χ2n) is 5.56. The Morgan fingerprint density at radius 2 is 2.00 bits per heavy atom. The van der Waals surface area contributed by atoms with Gasteiger partial charge in [-0.1, -0.05) is 17.7 Å². The van der Waals surface area contributed by atoms with E-state index in [-0.39, 0.29) is 4.90 Å². The number of rotatable bonds is 5. The van der Waals surface area contributed by atoms with E-state index in [2.05, 4.69) is 10.0 Å². The standard InChI is InChI=1S/C14H21ClN2O3S/c1-14(5-7-20-8-6-14)17-21(18,19)12-4-3-11(10-16-2)13(15)9-12/h3-4,9,16-17H,5-8,10H2,1-2H3. The van der Waals surface area contributed by atoms with Crippen LogP contribution < -0.4 is 10.0 Å². The summed E-state index contributed by atoms with van der Waals surface area (Å²) in [4.78, 5) is 0.195. The van der Waals surface area contributed by atoms with Crippen LogP contribution in [0.25, 0.3) is 0 Å². The highest BCUT2D eigenvalue weighted by atomic mass is 35.5. The van der Waals surface area contributed by atoms with Crippen LogP contribution in [-0.4, -0.2) is 34.2 Å². The quantitative estimate of drug-likeness (QED) is 0.864. The molecule has 1 aliphatic heterocycles. The Kier molecular flexibility index (Phi) is 5.27. The zero-order chi connectivity index (χ0) is 15.5. The Hall–Kier alpha value is -0.660. The maximum absolute atomic E-state index is 12.5. The first-order valence-corrected chi connectivity index (χ1v) is 8.77. The molecule has 1 aliphatic rings. The third-order valence-corrected chi connectivity index (χ3v) is 5.67. The SMILES string of the molecule is CNCc1ccc(S(=O)(=O)NC2(C)CCOCC2)cc1Cl. The van der Waals surface area contributed by atoms with Gasteiger partial charge < -0.3 is 10.1 Å². The zero-order valence-corrected chi connectivity index (χ0v) is 13.9. The average molecular weight is 333 g/mol. The summed E-state index contributed by atoms with van der Waals surface area (Å²) in [5.41, 5.74) is 0.406. The summed E-state index contributed by atoms with van der Waals surface area (Å²) in [7, 11) is -1.77. The smallest absolute Gasteiger partial charge is 0.241 e. The molecule has 0 spiro atoms. The van der Waals surface area contributed by atoms with Gasteiger partial charge in [-0.3, -0.25) is 0 Å². The van der Waals surface area contributed by atoms with Gasteiger partial charge in [0.05, 0.1) is 4.90 Å². The average Bonchev–Trinajstić information content (AvgIpc) is 2.41. The monoisotopic (exact) mass is 332 g/mol. The minimum atomic E-state index is -3.58. The van der Waals surface area contributed by atoms with E-state index in [1.54, 1.807) is 12.1 Å². The lowest BCUT2D eigenvalue weighted by molar-refractivity contribution is 0.0537. The van der Waals surface area contributed by atoms with Gasteiger partial charge in [-0.2, -0.15) is 0 Å². The van der Waals surface area contributed by atoms with Crippen molar-refractivity contribution < 1.29 is 13.2 Å². The van der Waals surface area contributed by atoms with E-state index in [0.717, 1.165) is 5.56 Å². The summed E-state index contributed by atoms with van der Waals surface area (Å²) < 4.78 is 33.1. The summed E-state index contributed by atoms with van der Waals surface area (Å²) >= 11 is 6.14. The Morgan fingerprint density at radius 1 is 1.33 bits per heavy atom. The molecule has 7 heteroatoms. The molecule has 1 heterocycles. The van der Waals surface area contributed by atoms with Crippen LogP contribution in [0.1, 0.15) is 25.3 Å². The number of benzene rings is 1. The molecule has 0 bridgehead atoms. The van der Waals surface area contributed by atoms with Crippen molar-refractivity contribution in [2.45, 2.75) is 36.7 Å². The summed E-state index contributed by atoms with van der Waals surface area (Å²) in [5, 5.41) is 3.44. The molecule has 5 nitrogen and oxygen atoms in total. The molecule has 21 heavy (non-hydrogen) atoms. The fourth-order valence-electron chi connectivity index (χ4n) is 2.34. The second-order valence-corrected chi connectivity index (χ2v) is 7.65. The van der Waals surface area contributed by atoms with Crippen molar-refractivity contribution in [3.05, 3.63) is 28.8 Å². The fourth-order valence-corrected chi connectivity index (χ4v) is 4.14. The third kappa shape index (κ3) is 4.17. The van der Waals surface area contributed by atoms with Crippen molar-refractivity contribution in [3.63, 3.8) is 0 Å². The summed E-state index contributed by atoms with van der Waals surface area (Å²) in [5.74, 6) is 0. The summed E-state index contributed by atoms with van der Waals surface area (Å²) in [6, 6.07) is 4.82. The Morgan fingerprint density at radius 3 is 2.57 bits per heavy atom. The second kappa shape index (κ2) is 6.62. The van der Waals surface area contributed by atoms with Gasteiger partial charge >= 0.3 is 0 Å². The third-order valence-electron chi connectivity index (χ3n) is 3.68. The normalized spacial score (nSPS) is 18.6. The van der Waals surface area contributed by atoms with E-state index >= 15 is 0 Å². The fraction of sp³-hybridized carbons (Fsp3) is 0.571. The lowest BCUT2D eigenvalue weighted by Gasteiger charge is -2.34.